The average Bonchev–Trinajstić information content (AvgIpc) is 3.07. The Morgan fingerprint density at radius 1 is 1.25 bits per heavy atom. The molecule has 2 aromatic heterocycles. The second kappa shape index (κ2) is 6.45. The van der Waals surface area contributed by atoms with Crippen molar-refractivity contribution < 1.29 is 9.59 Å². The Kier molecular flexibility index (Phi) is 4.35. The maximum atomic E-state index is 12.2. The fraction of sp³-hybridized carbons (Fsp3) is 0.235. The van der Waals surface area contributed by atoms with E-state index in [2.05, 4.69) is 10.3 Å². The van der Waals surface area contributed by atoms with Gasteiger partial charge in [-0.15, -0.1) is 11.3 Å². The smallest absolute Gasteiger partial charge is 0.253 e. The summed E-state index contributed by atoms with van der Waals surface area (Å²) in [4.78, 5) is 30.9. The lowest BCUT2D eigenvalue weighted by molar-refractivity contribution is -0.115. The summed E-state index contributed by atoms with van der Waals surface area (Å²) in [6.45, 7) is 1.93. The van der Waals surface area contributed by atoms with E-state index in [9.17, 15) is 9.59 Å². The highest BCUT2D eigenvalue weighted by Gasteiger charge is 2.12. The van der Waals surface area contributed by atoms with Crippen molar-refractivity contribution in [2.75, 3.05) is 19.4 Å². The van der Waals surface area contributed by atoms with Crippen LogP contribution in [0.3, 0.4) is 0 Å². The Bertz CT molecular complexity index is 893. The van der Waals surface area contributed by atoms with Gasteiger partial charge >= 0.3 is 0 Å². The average molecular weight is 342 g/mol. The first kappa shape index (κ1) is 16.2. The minimum atomic E-state index is -0.104. The summed E-state index contributed by atoms with van der Waals surface area (Å²) in [6, 6.07) is 6.89. The number of carbonyl (C=O) groups is 2. The number of amides is 2. The number of aryl methyl sites for hydroxylation is 1. The number of aromatic nitrogens is 2. The molecule has 2 heterocycles. The number of carbonyl (C=O) groups excluding carboxylic acids is 2. The number of thiazole rings is 1. The fourth-order valence-corrected chi connectivity index (χ4v) is 3.31. The van der Waals surface area contributed by atoms with Gasteiger partial charge in [-0.05, 0) is 31.2 Å². The van der Waals surface area contributed by atoms with Crippen molar-refractivity contribution in [3.63, 3.8) is 0 Å². The van der Waals surface area contributed by atoms with Crippen molar-refractivity contribution in [3.05, 3.63) is 52.8 Å². The Hall–Kier alpha value is -2.67. The SMILES string of the molecule is Cc1cn2c(CC(=O)Nc3ccc(C(=O)N(C)C)cc3)csc2n1. The molecule has 2 amide bonds. The van der Waals surface area contributed by atoms with Crippen molar-refractivity contribution in [1.29, 1.82) is 0 Å². The molecule has 0 radical (unpaired) electrons. The summed E-state index contributed by atoms with van der Waals surface area (Å²) in [6.07, 6.45) is 2.20. The minimum Gasteiger partial charge on any atom is -0.345 e. The number of rotatable bonds is 4. The largest absolute Gasteiger partial charge is 0.345 e. The van der Waals surface area contributed by atoms with E-state index in [0.717, 1.165) is 16.3 Å². The predicted octanol–water partition coefficient (Wildman–Crippen LogP) is 2.59. The fourth-order valence-electron chi connectivity index (χ4n) is 2.39. The monoisotopic (exact) mass is 342 g/mol. The van der Waals surface area contributed by atoms with E-state index in [-0.39, 0.29) is 18.2 Å². The van der Waals surface area contributed by atoms with Gasteiger partial charge in [0.1, 0.15) is 0 Å². The molecule has 7 heteroatoms. The summed E-state index contributed by atoms with van der Waals surface area (Å²) in [7, 11) is 3.41. The molecule has 0 aliphatic carbocycles. The Morgan fingerprint density at radius 2 is 1.96 bits per heavy atom. The molecule has 0 saturated heterocycles. The molecule has 0 bridgehead atoms. The van der Waals surface area contributed by atoms with Crippen LogP contribution in [0.2, 0.25) is 0 Å². The summed E-state index contributed by atoms with van der Waals surface area (Å²) >= 11 is 1.52. The molecule has 3 rings (SSSR count). The zero-order valence-electron chi connectivity index (χ0n) is 13.7. The molecule has 1 aromatic carbocycles. The molecular formula is C17H18N4O2S. The van der Waals surface area contributed by atoms with Gasteiger partial charge in [0.05, 0.1) is 12.1 Å². The lowest BCUT2D eigenvalue weighted by atomic mass is 10.2. The zero-order valence-corrected chi connectivity index (χ0v) is 14.6. The topological polar surface area (TPSA) is 66.7 Å². The normalized spacial score (nSPS) is 10.8. The molecular weight excluding hydrogens is 324 g/mol. The van der Waals surface area contributed by atoms with Gasteiger partial charge in [-0.25, -0.2) is 4.98 Å². The quantitative estimate of drug-likeness (QED) is 0.792. The highest BCUT2D eigenvalue weighted by Crippen LogP contribution is 2.18. The van der Waals surface area contributed by atoms with Crippen LogP contribution in [0.4, 0.5) is 5.69 Å². The van der Waals surface area contributed by atoms with Crippen LogP contribution >= 0.6 is 11.3 Å². The summed E-state index contributed by atoms with van der Waals surface area (Å²) in [5, 5.41) is 4.80. The Labute approximate surface area is 143 Å². The number of nitrogens with zero attached hydrogens (tertiary/aromatic N) is 3. The number of hydrogen-bond donors (Lipinski definition) is 1. The molecule has 0 spiro atoms. The number of imidazole rings is 1. The summed E-state index contributed by atoms with van der Waals surface area (Å²) in [5.41, 5.74) is 3.10. The third kappa shape index (κ3) is 3.30. The van der Waals surface area contributed by atoms with Crippen molar-refractivity contribution in [2.45, 2.75) is 13.3 Å². The number of nitrogens with one attached hydrogen (secondary N) is 1. The van der Waals surface area contributed by atoms with Crippen molar-refractivity contribution in [1.82, 2.24) is 14.3 Å². The maximum Gasteiger partial charge on any atom is 0.253 e. The third-order valence-electron chi connectivity index (χ3n) is 3.57. The van der Waals surface area contributed by atoms with Crippen LogP contribution in [0.15, 0.2) is 35.8 Å². The van der Waals surface area contributed by atoms with Gasteiger partial charge in [0.25, 0.3) is 5.91 Å². The molecule has 0 saturated carbocycles. The molecule has 124 valence electrons. The van der Waals surface area contributed by atoms with E-state index in [1.807, 2.05) is 22.9 Å². The van der Waals surface area contributed by atoms with Gasteiger partial charge in [-0.1, -0.05) is 0 Å². The van der Waals surface area contributed by atoms with E-state index in [1.54, 1.807) is 38.4 Å². The van der Waals surface area contributed by atoms with E-state index in [1.165, 1.54) is 16.2 Å². The van der Waals surface area contributed by atoms with E-state index >= 15 is 0 Å². The number of fused-ring (bicyclic) bond motifs is 1. The van der Waals surface area contributed by atoms with Gasteiger partial charge < -0.3 is 10.2 Å². The molecule has 0 aliphatic rings. The number of anilines is 1. The van der Waals surface area contributed by atoms with Crippen LogP contribution in [0, 0.1) is 6.92 Å². The van der Waals surface area contributed by atoms with Crippen molar-refractivity contribution in [2.24, 2.45) is 0 Å². The van der Waals surface area contributed by atoms with Gasteiger partial charge in [-0.2, -0.15) is 0 Å². The summed E-state index contributed by atoms with van der Waals surface area (Å²) < 4.78 is 1.94. The number of benzene rings is 1. The second-order valence-corrected chi connectivity index (χ2v) is 6.60. The Balaban J connectivity index is 1.67. The maximum absolute atomic E-state index is 12.2. The van der Waals surface area contributed by atoms with E-state index in [0.29, 0.717) is 11.3 Å². The molecule has 0 atom stereocenters. The third-order valence-corrected chi connectivity index (χ3v) is 4.46. The van der Waals surface area contributed by atoms with Gasteiger partial charge in [-0.3, -0.25) is 14.0 Å². The van der Waals surface area contributed by atoms with Crippen molar-refractivity contribution >= 4 is 33.8 Å². The van der Waals surface area contributed by atoms with Gasteiger partial charge in [0.15, 0.2) is 4.96 Å². The predicted molar refractivity (Wildman–Crippen MR) is 94.6 cm³/mol. The molecule has 1 N–H and O–H groups in total. The highest BCUT2D eigenvalue weighted by atomic mass is 32.1. The van der Waals surface area contributed by atoms with Crippen LogP contribution in [-0.2, 0) is 11.2 Å². The van der Waals surface area contributed by atoms with Crippen LogP contribution in [0.1, 0.15) is 21.7 Å². The standard InChI is InChI=1S/C17H18N4O2S/c1-11-9-21-14(10-24-17(21)18-11)8-15(22)19-13-6-4-12(5-7-13)16(23)20(2)3/h4-7,9-10H,8H2,1-3H3,(H,19,22). The minimum absolute atomic E-state index is 0.0657. The molecule has 24 heavy (non-hydrogen) atoms. The molecule has 0 aliphatic heterocycles. The first-order valence-electron chi connectivity index (χ1n) is 7.47. The van der Waals surface area contributed by atoms with Crippen LogP contribution in [0.5, 0.6) is 0 Å². The molecule has 6 nitrogen and oxygen atoms in total. The van der Waals surface area contributed by atoms with Crippen LogP contribution < -0.4 is 5.32 Å². The van der Waals surface area contributed by atoms with Crippen molar-refractivity contribution in [3.8, 4) is 0 Å². The Morgan fingerprint density at radius 3 is 2.62 bits per heavy atom. The van der Waals surface area contributed by atoms with E-state index in [4.69, 9.17) is 0 Å². The molecule has 3 aromatic rings. The van der Waals surface area contributed by atoms with Gasteiger partial charge in [0.2, 0.25) is 5.91 Å². The lowest BCUT2D eigenvalue weighted by Gasteiger charge is -2.11. The molecule has 0 fully saturated rings. The molecule has 0 unspecified atom stereocenters. The van der Waals surface area contributed by atoms with Gasteiger partial charge in [0, 0.05) is 42.6 Å². The highest BCUT2D eigenvalue weighted by molar-refractivity contribution is 7.15. The zero-order chi connectivity index (χ0) is 17.3. The first-order chi connectivity index (χ1) is 11.4. The number of hydrogen-bond acceptors (Lipinski definition) is 4. The second-order valence-electron chi connectivity index (χ2n) is 5.76. The van der Waals surface area contributed by atoms with Crippen LogP contribution in [-0.4, -0.2) is 40.2 Å². The first-order valence-corrected chi connectivity index (χ1v) is 8.35. The summed E-state index contributed by atoms with van der Waals surface area (Å²) in [5.74, 6) is -0.170. The van der Waals surface area contributed by atoms with Crippen LogP contribution in [0.25, 0.3) is 4.96 Å². The lowest BCUT2D eigenvalue weighted by Crippen LogP contribution is -2.21. The van der Waals surface area contributed by atoms with E-state index < -0.39 is 0 Å².